The number of rotatable bonds is 17. The highest BCUT2D eigenvalue weighted by atomic mass is 16.7. The summed E-state index contributed by atoms with van der Waals surface area (Å²) in [5.74, 6) is 1.54. The molecule has 0 aliphatic rings. The first-order valence-electron chi connectivity index (χ1n) is 14.1. The zero-order chi connectivity index (χ0) is 28.6. The van der Waals surface area contributed by atoms with Crippen LogP contribution in [-0.2, 0) is 6.42 Å². The molecule has 0 atom stereocenters. The third-order valence-corrected chi connectivity index (χ3v) is 6.92. The van der Waals surface area contributed by atoms with Crippen LogP contribution in [0.2, 0.25) is 0 Å². The number of hydrogen-bond donors (Lipinski definition) is 2. The smallest absolute Gasteiger partial charge is 0.272 e. The quantitative estimate of drug-likeness (QED) is 0.115. The van der Waals surface area contributed by atoms with Crippen molar-refractivity contribution in [2.75, 3.05) is 64.3 Å². The SMILES string of the molecule is CCCCc1nc2c(NCN(CCCN(C)C)c3c(OC)c(=O)c3=O)nc3ccccc3c2n1OCCCCN. The fraction of sp³-hybridized carbons (Fsp3) is 0.517. The van der Waals surface area contributed by atoms with Crippen molar-refractivity contribution < 1.29 is 9.57 Å². The van der Waals surface area contributed by atoms with Gasteiger partial charge < -0.3 is 30.4 Å². The molecule has 216 valence electrons. The molecule has 0 bridgehead atoms. The van der Waals surface area contributed by atoms with Crippen LogP contribution >= 0.6 is 0 Å². The second kappa shape index (κ2) is 13.6. The van der Waals surface area contributed by atoms with Crippen molar-refractivity contribution in [1.82, 2.24) is 19.6 Å². The predicted octanol–water partition coefficient (Wildman–Crippen LogP) is 2.53. The van der Waals surface area contributed by atoms with Crippen LogP contribution < -0.4 is 36.4 Å². The second-order valence-corrected chi connectivity index (χ2v) is 10.2. The lowest BCUT2D eigenvalue weighted by Gasteiger charge is -2.27. The standard InChI is InChI=1S/C29H41N7O4/c1-5-6-14-22-33-23-24(36(22)40-18-10-9-15-30)20-12-7-8-13-21(20)32-29(23)31-19-35(17-11-16-34(2)3)25-26(37)27(38)28(25)39-4/h7-8,12-13H,5-6,9-11,14-19,30H2,1-4H3,(H,31,32). The van der Waals surface area contributed by atoms with Gasteiger partial charge in [-0.3, -0.25) is 9.59 Å². The van der Waals surface area contributed by atoms with Crippen LogP contribution in [0.25, 0.3) is 21.9 Å². The summed E-state index contributed by atoms with van der Waals surface area (Å²) >= 11 is 0. The molecule has 0 aliphatic carbocycles. The van der Waals surface area contributed by atoms with Crippen LogP contribution in [0.1, 0.15) is 44.9 Å². The normalized spacial score (nSPS) is 11.7. The van der Waals surface area contributed by atoms with Gasteiger partial charge in [-0.2, -0.15) is 4.73 Å². The van der Waals surface area contributed by atoms with Gasteiger partial charge in [0.05, 0.1) is 19.3 Å². The first-order valence-corrected chi connectivity index (χ1v) is 14.1. The molecular formula is C29H41N7O4. The largest absolute Gasteiger partial charge is 0.491 e. The summed E-state index contributed by atoms with van der Waals surface area (Å²) in [4.78, 5) is 44.8. The molecule has 0 saturated heterocycles. The molecule has 0 fully saturated rings. The number of aromatic nitrogens is 3. The molecule has 11 heteroatoms. The summed E-state index contributed by atoms with van der Waals surface area (Å²) in [6.07, 6.45) is 5.32. The van der Waals surface area contributed by atoms with Crippen molar-refractivity contribution in [2.24, 2.45) is 5.73 Å². The number of ether oxygens (including phenoxy) is 1. The van der Waals surface area contributed by atoms with Gasteiger partial charge in [0.25, 0.3) is 10.9 Å². The van der Waals surface area contributed by atoms with Crippen LogP contribution in [0.15, 0.2) is 33.9 Å². The third-order valence-electron chi connectivity index (χ3n) is 6.92. The van der Waals surface area contributed by atoms with Gasteiger partial charge in [0.15, 0.2) is 11.6 Å². The highest BCUT2D eigenvalue weighted by Crippen LogP contribution is 2.31. The maximum atomic E-state index is 12.5. The van der Waals surface area contributed by atoms with Crippen LogP contribution in [-0.4, -0.2) is 73.7 Å². The second-order valence-electron chi connectivity index (χ2n) is 10.2. The van der Waals surface area contributed by atoms with Gasteiger partial charge in [0.1, 0.15) is 29.2 Å². The number of pyridine rings is 1. The summed E-state index contributed by atoms with van der Waals surface area (Å²) in [5.41, 5.74) is 7.23. The van der Waals surface area contributed by atoms with Crippen LogP contribution in [0.3, 0.4) is 0 Å². The van der Waals surface area contributed by atoms with E-state index >= 15 is 0 Å². The lowest BCUT2D eigenvalue weighted by molar-refractivity contribution is 0.109. The number of imidazole rings is 1. The van der Waals surface area contributed by atoms with E-state index in [1.54, 1.807) is 0 Å². The van der Waals surface area contributed by atoms with Gasteiger partial charge in [-0.15, -0.1) is 0 Å². The number of nitrogens with one attached hydrogen (secondary N) is 1. The van der Waals surface area contributed by atoms with Crippen molar-refractivity contribution in [1.29, 1.82) is 0 Å². The molecule has 4 aromatic rings. The maximum Gasteiger partial charge on any atom is 0.272 e. The zero-order valence-corrected chi connectivity index (χ0v) is 24.0. The first kappa shape index (κ1) is 29.3. The summed E-state index contributed by atoms with van der Waals surface area (Å²) in [6, 6.07) is 7.93. The molecule has 0 spiro atoms. The minimum absolute atomic E-state index is 0.102. The number of anilines is 2. The Kier molecular flexibility index (Phi) is 9.94. The topological polar surface area (TPSA) is 128 Å². The van der Waals surface area contributed by atoms with Crippen LogP contribution in [0, 0.1) is 0 Å². The minimum Gasteiger partial charge on any atom is -0.491 e. The number of methoxy groups -OCH3 is 1. The molecule has 0 radical (unpaired) electrons. The van der Waals surface area contributed by atoms with Gasteiger partial charge in [-0.05, 0) is 58.9 Å². The Morgan fingerprint density at radius 2 is 1.82 bits per heavy atom. The van der Waals surface area contributed by atoms with Crippen molar-refractivity contribution in [2.45, 2.75) is 45.4 Å². The maximum absolute atomic E-state index is 12.5. The van der Waals surface area contributed by atoms with E-state index in [1.807, 2.05) is 48.0 Å². The average molecular weight is 552 g/mol. The molecule has 2 aromatic heterocycles. The lowest BCUT2D eigenvalue weighted by Crippen LogP contribution is -2.44. The molecule has 2 aromatic carbocycles. The molecule has 2 heterocycles. The Morgan fingerprint density at radius 1 is 1.02 bits per heavy atom. The summed E-state index contributed by atoms with van der Waals surface area (Å²) in [6.45, 7) is 4.95. The number of para-hydroxylation sites is 1. The monoisotopic (exact) mass is 551 g/mol. The fourth-order valence-electron chi connectivity index (χ4n) is 4.81. The van der Waals surface area contributed by atoms with Gasteiger partial charge in [-0.1, -0.05) is 31.5 Å². The summed E-state index contributed by atoms with van der Waals surface area (Å²) < 4.78 is 7.12. The number of benzene rings is 1. The molecule has 0 amide bonds. The summed E-state index contributed by atoms with van der Waals surface area (Å²) in [5, 5.41) is 4.37. The van der Waals surface area contributed by atoms with Gasteiger partial charge in [-0.25, -0.2) is 9.97 Å². The van der Waals surface area contributed by atoms with Crippen molar-refractivity contribution in [3.8, 4) is 5.75 Å². The molecule has 0 unspecified atom stereocenters. The summed E-state index contributed by atoms with van der Waals surface area (Å²) in [7, 11) is 5.42. The number of nitrogens with two attached hydrogens (primary N) is 1. The van der Waals surface area contributed by atoms with E-state index in [0.29, 0.717) is 36.7 Å². The molecule has 11 nitrogen and oxygen atoms in total. The van der Waals surface area contributed by atoms with Crippen molar-refractivity contribution >= 4 is 33.4 Å². The predicted molar refractivity (Wildman–Crippen MR) is 160 cm³/mol. The molecular weight excluding hydrogens is 510 g/mol. The Bertz CT molecular complexity index is 1490. The van der Waals surface area contributed by atoms with E-state index in [-0.39, 0.29) is 12.4 Å². The fourth-order valence-corrected chi connectivity index (χ4v) is 4.81. The number of fused-ring (bicyclic) bond motifs is 3. The third kappa shape index (κ3) is 6.20. The number of nitrogens with zero attached hydrogens (tertiary/aromatic N) is 5. The lowest BCUT2D eigenvalue weighted by atomic mass is 10.2. The highest BCUT2D eigenvalue weighted by Gasteiger charge is 2.27. The van der Waals surface area contributed by atoms with E-state index in [2.05, 4.69) is 17.1 Å². The molecule has 3 N–H and O–H groups in total. The molecule has 0 aliphatic heterocycles. The van der Waals surface area contributed by atoms with E-state index in [1.165, 1.54) is 7.11 Å². The van der Waals surface area contributed by atoms with E-state index in [4.69, 9.17) is 25.3 Å². The zero-order valence-electron chi connectivity index (χ0n) is 24.0. The van der Waals surface area contributed by atoms with Crippen LogP contribution in [0.4, 0.5) is 11.5 Å². The molecule has 4 rings (SSSR count). The molecule has 0 saturated carbocycles. The number of aryl methyl sites for hydroxylation is 1. The minimum atomic E-state index is -0.590. The van der Waals surface area contributed by atoms with E-state index in [0.717, 1.165) is 67.3 Å². The van der Waals surface area contributed by atoms with Gasteiger partial charge in [0.2, 0.25) is 0 Å². The number of unbranched alkanes of at least 4 members (excludes halogenated alkanes) is 2. The van der Waals surface area contributed by atoms with E-state index < -0.39 is 10.9 Å². The van der Waals surface area contributed by atoms with Crippen LogP contribution in [0.5, 0.6) is 5.75 Å². The Balaban J connectivity index is 1.73. The average Bonchev–Trinajstić information content (AvgIpc) is 3.32. The number of hydrogen-bond acceptors (Lipinski definition) is 10. The van der Waals surface area contributed by atoms with E-state index in [9.17, 15) is 9.59 Å². The highest BCUT2D eigenvalue weighted by molar-refractivity contribution is 6.06. The Morgan fingerprint density at radius 3 is 2.55 bits per heavy atom. The van der Waals surface area contributed by atoms with Gasteiger partial charge in [0, 0.05) is 18.4 Å². The first-order chi connectivity index (χ1) is 19.4. The van der Waals surface area contributed by atoms with Gasteiger partial charge >= 0.3 is 0 Å². The van der Waals surface area contributed by atoms with Crippen molar-refractivity contribution in [3.63, 3.8) is 0 Å². The Labute approximate surface area is 234 Å². The Hall–Kier alpha value is -3.70. The molecule has 40 heavy (non-hydrogen) atoms. The van der Waals surface area contributed by atoms with Crippen molar-refractivity contribution in [3.05, 3.63) is 50.5 Å².